The maximum Gasteiger partial charge on any atom is 0.364 e. The molecule has 0 aromatic rings. The fourth-order valence-electron chi connectivity index (χ4n) is 0.515. The van der Waals surface area contributed by atoms with Crippen molar-refractivity contribution in [3.63, 3.8) is 0 Å². The zero-order chi connectivity index (χ0) is 9.12. The Kier molecular flexibility index (Phi) is 3.72. The van der Waals surface area contributed by atoms with Crippen molar-refractivity contribution in [3.05, 3.63) is 0 Å². The molecule has 0 aromatic heterocycles. The van der Waals surface area contributed by atoms with Crippen LogP contribution in [-0.4, -0.2) is 13.3 Å². The van der Waals surface area contributed by atoms with Crippen LogP contribution in [0.25, 0.3) is 0 Å². The Bertz CT molecular complexity index is 156. The van der Waals surface area contributed by atoms with Crippen LogP contribution in [0.2, 0.25) is 0 Å². The molecule has 0 aliphatic heterocycles. The molecule has 0 aliphatic carbocycles. The van der Waals surface area contributed by atoms with Crippen LogP contribution in [0.5, 0.6) is 0 Å². The molecule has 0 saturated carbocycles. The van der Waals surface area contributed by atoms with Gasteiger partial charge in [0.1, 0.15) is 0 Å². The molecule has 0 rings (SSSR count). The second-order valence-corrected chi connectivity index (χ2v) is 5.64. The van der Waals surface area contributed by atoms with Gasteiger partial charge in [-0.15, -0.1) is 0 Å². The predicted molar refractivity (Wildman–Crippen MR) is 44.7 cm³/mol. The molecule has 4 heteroatoms. The summed E-state index contributed by atoms with van der Waals surface area (Å²) in [7, 11) is -3.75. The van der Waals surface area contributed by atoms with Crippen molar-refractivity contribution in [1.29, 1.82) is 0 Å². The maximum absolute atomic E-state index is 12.3. The number of hydrogen-bond donors (Lipinski definition) is 0. The summed E-state index contributed by atoms with van der Waals surface area (Å²) < 4.78 is 27.2. The molecule has 0 fully saturated rings. The fraction of sp³-hybridized carbons (Fsp3) is 1.00. The van der Waals surface area contributed by atoms with Crippen LogP contribution in [0.3, 0.4) is 0 Å². The van der Waals surface area contributed by atoms with Crippen LogP contribution < -0.4 is 0 Å². The molecule has 0 aromatic carbocycles. The quantitative estimate of drug-likeness (QED) is 0.626. The second kappa shape index (κ2) is 3.68. The lowest BCUT2D eigenvalue weighted by molar-refractivity contribution is 0.232. The van der Waals surface area contributed by atoms with Gasteiger partial charge < -0.3 is 4.52 Å². The smallest absolute Gasteiger partial charge is 0.306 e. The Morgan fingerprint density at radius 3 is 2.18 bits per heavy atom. The SMILES string of the molecule is CC(C)(C)CCOP(C)(=O)F. The summed E-state index contributed by atoms with van der Waals surface area (Å²) in [6.07, 6.45) is 0.717. The standard InChI is InChI=1S/C7H16FO2P/c1-7(2,3)5-6-10-11(4,8)9/h5-6H2,1-4H3. The van der Waals surface area contributed by atoms with Gasteiger partial charge in [-0.3, -0.25) is 4.57 Å². The molecule has 0 radical (unpaired) electrons. The topological polar surface area (TPSA) is 26.3 Å². The molecule has 11 heavy (non-hydrogen) atoms. The molecule has 1 unspecified atom stereocenters. The monoisotopic (exact) mass is 182 g/mol. The van der Waals surface area contributed by atoms with Crippen molar-refractivity contribution < 1.29 is 13.3 Å². The van der Waals surface area contributed by atoms with Crippen molar-refractivity contribution >= 4 is 7.68 Å². The number of rotatable bonds is 3. The van der Waals surface area contributed by atoms with E-state index in [1.807, 2.05) is 20.8 Å². The molecule has 0 spiro atoms. The first-order chi connectivity index (χ1) is 4.71. The van der Waals surface area contributed by atoms with Crippen LogP contribution >= 0.6 is 7.68 Å². The van der Waals surface area contributed by atoms with E-state index in [1.165, 1.54) is 0 Å². The van der Waals surface area contributed by atoms with Crippen molar-refractivity contribution in [3.8, 4) is 0 Å². The molecular formula is C7H16FO2P. The van der Waals surface area contributed by atoms with Gasteiger partial charge in [0.2, 0.25) is 0 Å². The Morgan fingerprint density at radius 2 is 1.91 bits per heavy atom. The van der Waals surface area contributed by atoms with E-state index in [1.54, 1.807) is 0 Å². The van der Waals surface area contributed by atoms with E-state index in [0.717, 1.165) is 13.1 Å². The minimum absolute atomic E-state index is 0.106. The normalized spacial score (nSPS) is 17.9. The Hall–Kier alpha value is 0.120. The molecule has 0 saturated heterocycles. The molecule has 68 valence electrons. The molecule has 0 aliphatic rings. The number of halogens is 1. The van der Waals surface area contributed by atoms with Gasteiger partial charge in [-0.1, -0.05) is 20.8 Å². The summed E-state index contributed by atoms with van der Waals surface area (Å²) in [6.45, 7) is 7.28. The highest BCUT2D eigenvalue weighted by Crippen LogP contribution is 2.44. The summed E-state index contributed by atoms with van der Waals surface area (Å²) in [6, 6.07) is 0. The van der Waals surface area contributed by atoms with E-state index >= 15 is 0 Å². The molecular weight excluding hydrogens is 166 g/mol. The van der Waals surface area contributed by atoms with Gasteiger partial charge in [0.05, 0.1) is 6.61 Å². The van der Waals surface area contributed by atoms with Crippen molar-refractivity contribution in [2.75, 3.05) is 13.3 Å². The first-order valence-electron chi connectivity index (χ1n) is 3.62. The van der Waals surface area contributed by atoms with E-state index in [2.05, 4.69) is 4.52 Å². The average Bonchev–Trinajstić information content (AvgIpc) is 1.55. The van der Waals surface area contributed by atoms with Crippen LogP contribution in [-0.2, 0) is 9.09 Å². The highest BCUT2D eigenvalue weighted by atomic mass is 31.2. The number of hydrogen-bond acceptors (Lipinski definition) is 2. The van der Waals surface area contributed by atoms with E-state index in [4.69, 9.17) is 0 Å². The van der Waals surface area contributed by atoms with Gasteiger partial charge in [-0.2, -0.15) is 4.20 Å². The van der Waals surface area contributed by atoms with Gasteiger partial charge in [0.15, 0.2) is 0 Å². The molecule has 2 nitrogen and oxygen atoms in total. The van der Waals surface area contributed by atoms with Crippen LogP contribution in [0, 0.1) is 5.41 Å². The lowest BCUT2D eigenvalue weighted by Gasteiger charge is -2.17. The highest BCUT2D eigenvalue weighted by molar-refractivity contribution is 7.52. The molecule has 0 amide bonds. The van der Waals surface area contributed by atoms with Gasteiger partial charge in [-0.25, -0.2) is 0 Å². The molecule has 0 N–H and O–H groups in total. The molecule has 0 heterocycles. The summed E-state index contributed by atoms with van der Waals surface area (Å²) >= 11 is 0. The zero-order valence-electron chi connectivity index (χ0n) is 7.56. The third kappa shape index (κ3) is 10.1. The van der Waals surface area contributed by atoms with Gasteiger partial charge in [0, 0.05) is 6.66 Å². The Labute approximate surface area is 67.7 Å². The van der Waals surface area contributed by atoms with Crippen molar-refractivity contribution in [1.82, 2.24) is 0 Å². The van der Waals surface area contributed by atoms with E-state index < -0.39 is 7.68 Å². The highest BCUT2D eigenvalue weighted by Gasteiger charge is 2.15. The predicted octanol–water partition coefficient (Wildman–Crippen LogP) is 3.23. The first kappa shape index (κ1) is 11.1. The van der Waals surface area contributed by atoms with Crippen LogP contribution in [0.1, 0.15) is 27.2 Å². The molecule has 1 atom stereocenters. The van der Waals surface area contributed by atoms with Crippen molar-refractivity contribution in [2.45, 2.75) is 27.2 Å². The van der Waals surface area contributed by atoms with Crippen LogP contribution in [0.4, 0.5) is 4.20 Å². The summed E-state index contributed by atoms with van der Waals surface area (Å²) in [4.78, 5) is 0. The summed E-state index contributed by atoms with van der Waals surface area (Å²) in [5.41, 5.74) is 0.106. The maximum atomic E-state index is 12.3. The minimum atomic E-state index is -3.75. The summed E-state index contributed by atoms with van der Waals surface area (Å²) in [5, 5.41) is 0. The second-order valence-electron chi connectivity index (χ2n) is 3.89. The van der Waals surface area contributed by atoms with Gasteiger partial charge >= 0.3 is 7.68 Å². The summed E-state index contributed by atoms with van der Waals surface area (Å²) in [5.74, 6) is 0. The third-order valence-corrected chi connectivity index (χ3v) is 1.82. The average molecular weight is 182 g/mol. The fourth-order valence-corrected chi connectivity index (χ4v) is 0.932. The Morgan fingerprint density at radius 1 is 1.45 bits per heavy atom. The van der Waals surface area contributed by atoms with E-state index in [-0.39, 0.29) is 12.0 Å². The lowest BCUT2D eigenvalue weighted by Crippen LogP contribution is -2.08. The van der Waals surface area contributed by atoms with E-state index in [0.29, 0.717) is 0 Å². The lowest BCUT2D eigenvalue weighted by atomic mass is 9.93. The van der Waals surface area contributed by atoms with Crippen molar-refractivity contribution in [2.24, 2.45) is 5.41 Å². The van der Waals surface area contributed by atoms with Crippen LogP contribution in [0.15, 0.2) is 0 Å². The van der Waals surface area contributed by atoms with E-state index in [9.17, 15) is 8.76 Å². The Balaban J connectivity index is 3.52. The largest absolute Gasteiger partial charge is 0.364 e. The third-order valence-electron chi connectivity index (χ3n) is 1.17. The zero-order valence-corrected chi connectivity index (χ0v) is 8.45. The minimum Gasteiger partial charge on any atom is -0.306 e. The van der Waals surface area contributed by atoms with Gasteiger partial charge in [-0.05, 0) is 11.8 Å². The van der Waals surface area contributed by atoms with Gasteiger partial charge in [0.25, 0.3) is 0 Å². The first-order valence-corrected chi connectivity index (χ1v) is 5.59. The molecule has 0 bridgehead atoms.